The number of nitrogens with zero attached hydrogens (tertiary/aromatic N) is 2. The number of hydrogen-bond acceptors (Lipinski definition) is 2. The Kier molecular flexibility index (Phi) is 2.91. The summed E-state index contributed by atoms with van der Waals surface area (Å²) in [4.78, 5) is 4.34. The van der Waals surface area contributed by atoms with Gasteiger partial charge in [0.15, 0.2) is 0 Å². The number of aryl methyl sites for hydroxylation is 1. The van der Waals surface area contributed by atoms with E-state index in [9.17, 15) is 0 Å². The van der Waals surface area contributed by atoms with E-state index in [0.29, 0.717) is 5.02 Å². The van der Waals surface area contributed by atoms with E-state index in [1.807, 2.05) is 30.3 Å². The van der Waals surface area contributed by atoms with Crippen molar-refractivity contribution in [2.45, 2.75) is 13.5 Å². The molecule has 3 aromatic rings. The second-order valence-electron chi connectivity index (χ2n) is 4.66. The summed E-state index contributed by atoms with van der Waals surface area (Å²) in [5.74, 6) is 0. The van der Waals surface area contributed by atoms with E-state index in [1.54, 1.807) is 6.20 Å². The minimum Gasteiger partial charge on any atom is -0.399 e. The number of pyridine rings is 1. The molecule has 0 saturated heterocycles. The van der Waals surface area contributed by atoms with Gasteiger partial charge >= 0.3 is 0 Å². The van der Waals surface area contributed by atoms with E-state index in [-0.39, 0.29) is 0 Å². The molecule has 0 aliphatic heterocycles. The SMILES string of the molecule is Cc1cc2cc(N)ccc2n1Cc1ccc(Cl)cn1. The zero-order valence-corrected chi connectivity index (χ0v) is 11.4. The van der Waals surface area contributed by atoms with Crippen LogP contribution in [0.1, 0.15) is 11.4 Å². The molecule has 96 valence electrons. The van der Waals surface area contributed by atoms with Crippen molar-refractivity contribution in [2.24, 2.45) is 0 Å². The van der Waals surface area contributed by atoms with Crippen LogP contribution in [0.3, 0.4) is 0 Å². The van der Waals surface area contributed by atoms with Gasteiger partial charge in [0.1, 0.15) is 0 Å². The third-order valence-electron chi connectivity index (χ3n) is 3.24. The first-order chi connectivity index (χ1) is 9.13. The lowest BCUT2D eigenvalue weighted by atomic mass is 10.2. The van der Waals surface area contributed by atoms with Crippen molar-refractivity contribution in [1.29, 1.82) is 0 Å². The summed E-state index contributed by atoms with van der Waals surface area (Å²) in [6.07, 6.45) is 1.68. The predicted octanol–water partition coefficient (Wildman–Crippen LogP) is 3.63. The van der Waals surface area contributed by atoms with Crippen LogP contribution in [0.25, 0.3) is 10.9 Å². The number of fused-ring (bicyclic) bond motifs is 1. The Bertz CT molecular complexity index is 729. The van der Waals surface area contributed by atoms with Crippen LogP contribution in [0.5, 0.6) is 0 Å². The zero-order chi connectivity index (χ0) is 13.4. The highest BCUT2D eigenvalue weighted by Crippen LogP contribution is 2.23. The summed E-state index contributed by atoms with van der Waals surface area (Å²) in [7, 11) is 0. The van der Waals surface area contributed by atoms with Crippen LogP contribution in [-0.4, -0.2) is 9.55 Å². The summed E-state index contributed by atoms with van der Waals surface area (Å²) in [6, 6.07) is 11.9. The molecule has 0 aliphatic rings. The average molecular weight is 272 g/mol. The molecule has 1 aromatic carbocycles. The molecule has 2 heterocycles. The molecule has 3 nitrogen and oxygen atoms in total. The van der Waals surface area contributed by atoms with Crippen molar-refractivity contribution < 1.29 is 0 Å². The van der Waals surface area contributed by atoms with Gasteiger partial charge in [-0.2, -0.15) is 0 Å². The van der Waals surface area contributed by atoms with Gasteiger partial charge in [0.2, 0.25) is 0 Å². The zero-order valence-electron chi connectivity index (χ0n) is 10.6. The molecule has 0 atom stereocenters. The molecule has 0 unspecified atom stereocenters. The van der Waals surface area contributed by atoms with E-state index in [2.05, 4.69) is 22.5 Å². The topological polar surface area (TPSA) is 43.8 Å². The molecule has 0 radical (unpaired) electrons. The second kappa shape index (κ2) is 4.59. The number of anilines is 1. The van der Waals surface area contributed by atoms with Crippen LogP contribution in [0.4, 0.5) is 5.69 Å². The van der Waals surface area contributed by atoms with E-state index in [1.165, 1.54) is 11.2 Å². The lowest BCUT2D eigenvalue weighted by Gasteiger charge is -2.08. The molecule has 0 fully saturated rings. The van der Waals surface area contributed by atoms with E-state index in [0.717, 1.165) is 23.3 Å². The van der Waals surface area contributed by atoms with E-state index < -0.39 is 0 Å². The Morgan fingerprint density at radius 1 is 1.21 bits per heavy atom. The smallest absolute Gasteiger partial charge is 0.0651 e. The Labute approximate surface area is 116 Å². The quantitative estimate of drug-likeness (QED) is 0.724. The highest BCUT2D eigenvalue weighted by atomic mass is 35.5. The molecule has 3 rings (SSSR count). The maximum Gasteiger partial charge on any atom is 0.0651 e. The second-order valence-corrected chi connectivity index (χ2v) is 5.09. The van der Waals surface area contributed by atoms with Crippen LogP contribution in [0.2, 0.25) is 5.02 Å². The molecule has 2 N–H and O–H groups in total. The first kappa shape index (κ1) is 12.1. The summed E-state index contributed by atoms with van der Waals surface area (Å²) >= 11 is 5.85. The molecule has 0 saturated carbocycles. The van der Waals surface area contributed by atoms with Crippen LogP contribution in [0.15, 0.2) is 42.6 Å². The minimum absolute atomic E-state index is 0.658. The number of nitrogen functional groups attached to an aromatic ring is 1. The third-order valence-corrected chi connectivity index (χ3v) is 3.46. The lowest BCUT2D eigenvalue weighted by molar-refractivity contribution is 0.780. The van der Waals surface area contributed by atoms with Gasteiger partial charge in [-0.05, 0) is 43.3 Å². The largest absolute Gasteiger partial charge is 0.399 e. The van der Waals surface area contributed by atoms with Gasteiger partial charge in [0.25, 0.3) is 0 Å². The Morgan fingerprint density at radius 3 is 2.79 bits per heavy atom. The predicted molar refractivity (Wildman–Crippen MR) is 79.4 cm³/mol. The number of nitrogens with two attached hydrogens (primary N) is 1. The van der Waals surface area contributed by atoms with Gasteiger partial charge in [-0.25, -0.2) is 0 Å². The summed E-state index contributed by atoms with van der Waals surface area (Å²) in [6.45, 7) is 2.82. The average Bonchev–Trinajstić information content (AvgIpc) is 2.68. The fourth-order valence-electron chi connectivity index (χ4n) is 2.30. The van der Waals surface area contributed by atoms with Crippen molar-refractivity contribution in [3.63, 3.8) is 0 Å². The summed E-state index contributed by atoms with van der Waals surface area (Å²) in [5.41, 5.74) is 9.95. The molecular formula is C15H14ClN3. The highest BCUT2D eigenvalue weighted by molar-refractivity contribution is 6.30. The fourth-order valence-corrected chi connectivity index (χ4v) is 2.41. The minimum atomic E-state index is 0.658. The van der Waals surface area contributed by atoms with Gasteiger partial charge < -0.3 is 10.3 Å². The number of aromatic nitrogens is 2. The van der Waals surface area contributed by atoms with Gasteiger partial charge in [0.05, 0.1) is 17.3 Å². The fraction of sp³-hybridized carbons (Fsp3) is 0.133. The van der Waals surface area contributed by atoms with E-state index in [4.69, 9.17) is 17.3 Å². The maximum absolute atomic E-state index is 5.85. The normalized spacial score (nSPS) is 11.1. The van der Waals surface area contributed by atoms with E-state index >= 15 is 0 Å². The Balaban J connectivity index is 2.05. The molecule has 0 aliphatic carbocycles. The van der Waals surface area contributed by atoms with Gasteiger partial charge in [-0.1, -0.05) is 11.6 Å². The Morgan fingerprint density at radius 2 is 2.05 bits per heavy atom. The highest BCUT2D eigenvalue weighted by Gasteiger charge is 2.07. The van der Waals surface area contributed by atoms with Crippen molar-refractivity contribution >= 4 is 28.2 Å². The first-order valence-corrected chi connectivity index (χ1v) is 6.47. The standard InChI is InChI=1S/C15H14ClN3/c1-10-6-11-7-13(17)3-5-15(11)19(10)9-14-4-2-12(16)8-18-14/h2-8H,9,17H2,1H3. The number of benzene rings is 1. The summed E-state index contributed by atoms with van der Waals surface area (Å²) in [5, 5.41) is 1.82. The van der Waals surface area contributed by atoms with Gasteiger partial charge in [-0.15, -0.1) is 0 Å². The summed E-state index contributed by atoms with van der Waals surface area (Å²) < 4.78 is 2.23. The molecule has 2 aromatic heterocycles. The van der Waals surface area contributed by atoms with Crippen LogP contribution in [-0.2, 0) is 6.54 Å². The van der Waals surface area contributed by atoms with Crippen molar-refractivity contribution in [2.75, 3.05) is 5.73 Å². The molecule has 0 bridgehead atoms. The number of halogens is 1. The number of rotatable bonds is 2. The molecule has 4 heteroatoms. The first-order valence-electron chi connectivity index (χ1n) is 6.09. The van der Waals surface area contributed by atoms with Crippen molar-refractivity contribution in [1.82, 2.24) is 9.55 Å². The van der Waals surface area contributed by atoms with Crippen molar-refractivity contribution in [3.05, 3.63) is 59.0 Å². The van der Waals surface area contributed by atoms with Crippen molar-refractivity contribution in [3.8, 4) is 0 Å². The van der Waals surface area contributed by atoms with Crippen LogP contribution < -0.4 is 5.73 Å². The number of hydrogen-bond donors (Lipinski definition) is 1. The lowest BCUT2D eigenvalue weighted by Crippen LogP contribution is -2.03. The van der Waals surface area contributed by atoms with Gasteiger partial charge in [-0.3, -0.25) is 4.98 Å². The molecule has 19 heavy (non-hydrogen) atoms. The Hall–Kier alpha value is -2.00. The molecule has 0 spiro atoms. The van der Waals surface area contributed by atoms with Gasteiger partial charge in [0, 0.05) is 28.5 Å². The molecular weight excluding hydrogens is 258 g/mol. The van der Waals surface area contributed by atoms with Crippen LogP contribution >= 0.6 is 11.6 Å². The monoisotopic (exact) mass is 271 g/mol. The maximum atomic E-state index is 5.85. The molecule has 0 amide bonds. The third kappa shape index (κ3) is 2.29. The van der Waals surface area contributed by atoms with Crippen LogP contribution in [0, 0.1) is 6.92 Å².